The lowest BCUT2D eigenvalue weighted by molar-refractivity contribution is -0.140. The third kappa shape index (κ3) is 8.77. The van der Waals surface area contributed by atoms with E-state index in [-0.39, 0.29) is 35.4 Å². The van der Waals surface area contributed by atoms with Crippen molar-refractivity contribution in [3.8, 4) is 0 Å². The van der Waals surface area contributed by atoms with Gasteiger partial charge in [-0.05, 0) is 73.2 Å². The molecule has 9 heteroatoms. The first-order chi connectivity index (χ1) is 21.9. The summed E-state index contributed by atoms with van der Waals surface area (Å²) in [4.78, 5) is 30.1. The number of hydrogen-bond donors (Lipinski definition) is 1. The molecule has 0 aliphatic rings. The highest BCUT2D eigenvalue weighted by Gasteiger charge is 2.35. The van der Waals surface area contributed by atoms with Crippen LogP contribution in [-0.4, -0.2) is 44.3 Å². The normalized spacial score (nSPS) is 12.1. The van der Waals surface area contributed by atoms with Gasteiger partial charge in [0.2, 0.25) is 11.8 Å². The Bertz CT molecular complexity index is 1760. The summed E-state index contributed by atoms with van der Waals surface area (Å²) in [5.74, 6) is -0.620. The van der Waals surface area contributed by atoms with Crippen molar-refractivity contribution in [2.24, 2.45) is 5.92 Å². The molecule has 0 bridgehead atoms. The van der Waals surface area contributed by atoms with Crippen LogP contribution in [0.4, 0.5) is 5.69 Å². The Morgan fingerprint density at radius 3 is 2.11 bits per heavy atom. The molecule has 0 aliphatic heterocycles. The smallest absolute Gasteiger partial charge is 0.264 e. The number of sulfonamides is 1. The van der Waals surface area contributed by atoms with Crippen LogP contribution in [0.5, 0.6) is 0 Å². The summed E-state index contributed by atoms with van der Waals surface area (Å²) < 4.78 is 29.5. The molecular weight excluding hydrogens is 618 g/mol. The molecule has 0 saturated carbocycles. The van der Waals surface area contributed by atoms with Gasteiger partial charge >= 0.3 is 0 Å². The zero-order chi connectivity index (χ0) is 33.4. The zero-order valence-electron chi connectivity index (χ0n) is 27.0. The van der Waals surface area contributed by atoms with Crippen molar-refractivity contribution in [3.63, 3.8) is 0 Å². The Balaban J connectivity index is 1.82. The lowest BCUT2D eigenvalue weighted by atomic mass is 10.0. The van der Waals surface area contributed by atoms with Gasteiger partial charge in [-0.15, -0.1) is 0 Å². The van der Waals surface area contributed by atoms with Gasteiger partial charge in [0.05, 0.1) is 10.6 Å². The van der Waals surface area contributed by atoms with E-state index in [0.717, 1.165) is 32.1 Å². The topological polar surface area (TPSA) is 86.8 Å². The maximum Gasteiger partial charge on any atom is 0.264 e. The van der Waals surface area contributed by atoms with E-state index in [1.54, 1.807) is 30.3 Å². The molecular formula is C37H42ClN3O4S. The van der Waals surface area contributed by atoms with E-state index < -0.39 is 28.5 Å². The van der Waals surface area contributed by atoms with Crippen molar-refractivity contribution in [1.29, 1.82) is 0 Å². The van der Waals surface area contributed by atoms with Gasteiger partial charge in [-0.2, -0.15) is 0 Å². The molecule has 46 heavy (non-hydrogen) atoms. The molecule has 4 aromatic carbocycles. The highest BCUT2D eigenvalue weighted by atomic mass is 35.5. The third-order valence-corrected chi connectivity index (χ3v) is 10.1. The van der Waals surface area contributed by atoms with Gasteiger partial charge in [0, 0.05) is 24.5 Å². The van der Waals surface area contributed by atoms with E-state index in [4.69, 9.17) is 11.6 Å². The van der Waals surface area contributed by atoms with E-state index in [0.29, 0.717) is 11.6 Å². The molecule has 0 fully saturated rings. The molecule has 0 spiro atoms. The number of aryl methyl sites for hydroxylation is 3. The second kappa shape index (κ2) is 15.4. The predicted octanol–water partition coefficient (Wildman–Crippen LogP) is 6.87. The number of benzene rings is 4. The Kier molecular flexibility index (Phi) is 11.7. The number of rotatable bonds is 13. The van der Waals surface area contributed by atoms with Gasteiger partial charge in [0.15, 0.2) is 0 Å². The number of nitrogens with zero attached hydrogens (tertiary/aromatic N) is 2. The molecule has 1 N–H and O–H groups in total. The van der Waals surface area contributed by atoms with Gasteiger partial charge in [-0.3, -0.25) is 13.9 Å². The van der Waals surface area contributed by atoms with Crippen LogP contribution in [0, 0.1) is 26.7 Å². The molecule has 4 rings (SSSR count). The van der Waals surface area contributed by atoms with Crippen molar-refractivity contribution in [1.82, 2.24) is 10.2 Å². The molecule has 0 radical (unpaired) electrons. The molecule has 1 atom stereocenters. The Morgan fingerprint density at radius 1 is 0.826 bits per heavy atom. The summed E-state index contributed by atoms with van der Waals surface area (Å²) in [6.07, 6.45) is 0.253. The van der Waals surface area contributed by atoms with Crippen molar-refractivity contribution in [3.05, 3.63) is 130 Å². The van der Waals surface area contributed by atoms with E-state index in [1.165, 1.54) is 17.0 Å². The Hall–Kier alpha value is -4.14. The van der Waals surface area contributed by atoms with Crippen molar-refractivity contribution in [2.75, 3.05) is 17.4 Å². The highest BCUT2D eigenvalue weighted by molar-refractivity contribution is 7.92. The van der Waals surface area contributed by atoms with Crippen molar-refractivity contribution < 1.29 is 18.0 Å². The fraction of sp³-hybridized carbons (Fsp3) is 0.297. The molecule has 4 aromatic rings. The third-order valence-electron chi connectivity index (χ3n) is 7.89. The van der Waals surface area contributed by atoms with Crippen LogP contribution in [-0.2, 0) is 32.6 Å². The minimum absolute atomic E-state index is 0.0450. The summed E-state index contributed by atoms with van der Waals surface area (Å²) in [5, 5.41) is 3.39. The molecule has 0 saturated heterocycles. The fourth-order valence-corrected chi connectivity index (χ4v) is 6.63. The van der Waals surface area contributed by atoms with Gasteiger partial charge in [-0.25, -0.2) is 8.42 Å². The number of carbonyl (C=O) groups is 2. The summed E-state index contributed by atoms with van der Waals surface area (Å²) in [5.41, 5.74) is 4.62. The van der Waals surface area contributed by atoms with Crippen LogP contribution in [0.25, 0.3) is 0 Å². The largest absolute Gasteiger partial charge is 0.354 e. The first-order valence-corrected chi connectivity index (χ1v) is 17.2. The summed E-state index contributed by atoms with van der Waals surface area (Å²) in [6.45, 7) is 9.67. The molecule has 2 amide bonds. The van der Waals surface area contributed by atoms with Crippen molar-refractivity contribution in [2.45, 2.75) is 58.5 Å². The number of amides is 2. The zero-order valence-corrected chi connectivity index (χ0v) is 28.6. The molecule has 242 valence electrons. The first kappa shape index (κ1) is 34.7. The summed E-state index contributed by atoms with van der Waals surface area (Å²) in [7, 11) is -4.21. The fourth-order valence-electron chi connectivity index (χ4n) is 5.05. The SMILES string of the molecule is Cc1ccc(S(=O)(=O)N(CC(=O)N(Cc2ccccc2C)C(Cc2ccccc2)C(=O)NCC(C)C)c2ccc(C)c(Cl)c2)cc1. The summed E-state index contributed by atoms with van der Waals surface area (Å²) in [6, 6.07) is 27.7. The van der Waals surface area contributed by atoms with E-state index in [1.807, 2.05) is 89.2 Å². The van der Waals surface area contributed by atoms with Gasteiger partial charge in [-0.1, -0.05) is 104 Å². The number of nitrogens with one attached hydrogen (secondary N) is 1. The summed E-state index contributed by atoms with van der Waals surface area (Å²) >= 11 is 6.47. The van der Waals surface area contributed by atoms with Crippen LogP contribution in [0.1, 0.15) is 41.7 Å². The van der Waals surface area contributed by atoms with Crippen LogP contribution < -0.4 is 9.62 Å². The Labute approximate surface area is 278 Å². The average Bonchev–Trinajstić information content (AvgIpc) is 3.03. The minimum Gasteiger partial charge on any atom is -0.354 e. The monoisotopic (exact) mass is 659 g/mol. The van der Waals surface area contributed by atoms with Crippen LogP contribution >= 0.6 is 11.6 Å². The highest BCUT2D eigenvalue weighted by Crippen LogP contribution is 2.29. The van der Waals surface area contributed by atoms with E-state index >= 15 is 0 Å². The van der Waals surface area contributed by atoms with E-state index in [9.17, 15) is 18.0 Å². The minimum atomic E-state index is -4.21. The van der Waals surface area contributed by atoms with Gasteiger partial charge in [0.25, 0.3) is 10.0 Å². The molecule has 1 unspecified atom stereocenters. The quantitative estimate of drug-likeness (QED) is 0.170. The van der Waals surface area contributed by atoms with Gasteiger partial charge < -0.3 is 10.2 Å². The number of carbonyl (C=O) groups excluding carboxylic acids is 2. The number of halogens is 1. The maximum atomic E-state index is 14.6. The molecule has 0 aromatic heterocycles. The molecule has 0 aliphatic carbocycles. The lowest BCUT2D eigenvalue weighted by Gasteiger charge is -2.34. The second-order valence-corrected chi connectivity index (χ2v) is 14.3. The van der Waals surface area contributed by atoms with Crippen LogP contribution in [0.3, 0.4) is 0 Å². The van der Waals surface area contributed by atoms with Gasteiger partial charge in [0.1, 0.15) is 12.6 Å². The van der Waals surface area contributed by atoms with E-state index in [2.05, 4.69) is 5.32 Å². The second-order valence-electron chi connectivity index (χ2n) is 12.1. The Morgan fingerprint density at radius 2 is 1.48 bits per heavy atom. The first-order valence-electron chi connectivity index (χ1n) is 15.4. The van der Waals surface area contributed by atoms with Crippen LogP contribution in [0.15, 0.2) is 102 Å². The lowest BCUT2D eigenvalue weighted by Crippen LogP contribution is -2.53. The molecule has 7 nitrogen and oxygen atoms in total. The standard InChI is InChI=1S/C37H42ClN3O4S/c1-26(2)23-39-37(43)35(21-30-12-7-6-8-13-30)40(24-31-14-10-9-11-28(31)4)36(42)25-41(32-18-17-29(5)34(38)22-32)46(44,45)33-19-15-27(3)16-20-33/h6-20,22,26,35H,21,23-25H2,1-5H3,(H,39,43). The van der Waals surface area contributed by atoms with Crippen molar-refractivity contribution >= 4 is 39.1 Å². The van der Waals surface area contributed by atoms with Crippen LogP contribution in [0.2, 0.25) is 5.02 Å². The number of hydrogen-bond acceptors (Lipinski definition) is 4. The maximum absolute atomic E-state index is 14.6. The average molecular weight is 660 g/mol. The number of anilines is 1. The predicted molar refractivity (Wildman–Crippen MR) is 185 cm³/mol. The molecule has 0 heterocycles.